The predicted molar refractivity (Wildman–Crippen MR) is 161 cm³/mol. The number of hydrogen-bond acceptors (Lipinski definition) is 7. The SMILES string of the molecule is COP1(=O)CCC(NC2CCC(N(c3cc(C(C)(C)C)sc3C(=O)O)[C@@](C)(O)C3CCC(C)CC3)CC2)CC1. The van der Waals surface area contributed by atoms with Crippen molar-refractivity contribution >= 4 is 30.4 Å². The average Bonchev–Trinajstić information content (AvgIpc) is 3.33. The highest BCUT2D eigenvalue weighted by molar-refractivity contribution is 7.59. The maximum atomic E-state index is 12.6. The Hall–Kier alpha value is -0.920. The number of aromatic carboxylic acids is 1. The van der Waals surface area contributed by atoms with Gasteiger partial charge in [0.05, 0.1) is 5.69 Å². The van der Waals surface area contributed by atoms with Gasteiger partial charge in [-0.2, -0.15) is 0 Å². The minimum Gasteiger partial charge on any atom is -0.477 e. The van der Waals surface area contributed by atoms with E-state index >= 15 is 0 Å². The molecule has 9 heteroatoms. The molecule has 0 amide bonds. The summed E-state index contributed by atoms with van der Waals surface area (Å²) in [5, 5.41) is 26.4. The van der Waals surface area contributed by atoms with Crippen LogP contribution in [0.15, 0.2) is 6.07 Å². The molecule has 3 aliphatic rings. The zero-order valence-corrected chi connectivity index (χ0v) is 26.6. The smallest absolute Gasteiger partial charge is 0.348 e. The molecule has 2 heterocycles. The van der Waals surface area contributed by atoms with Crippen molar-refractivity contribution in [3.63, 3.8) is 0 Å². The quantitative estimate of drug-likeness (QED) is 0.223. The molecule has 0 unspecified atom stereocenters. The molecular formula is C30H51N2O5PS. The molecule has 222 valence electrons. The van der Waals surface area contributed by atoms with Crippen molar-refractivity contribution in [2.75, 3.05) is 24.3 Å². The van der Waals surface area contributed by atoms with Crippen LogP contribution in [0.2, 0.25) is 0 Å². The molecule has 39 heavy (non-hydrogen) atoms. The van der Waals surface area contributed by atoms with Crippen LogP contribution in [-0.2, 0) is 14.5 Å². The van der Waals surface area contributed by atoms with Crippen LogP contribution in [0.1, 0.15) is 113 Å². The molecule has 2 saturated carbocycles. The fourth-order valence-electron chi connectivity index (χ4n) is 7.04. The Balaban J connectivity index is 1.55. The number of hydrogen-bond donors (Lipinski definition) is 3. The van der Waals surface area contributed by atoms with Crippen LogP contribution in [0.5, 0.6) is 0 Å². The minimum absolute atomic E-state index is 0.0815. The number of carboxylic acid groups (broad SMARTS) is 1. The maximum absolute atomic E-state index is 12.6. The number of aliphatic hydroxyl groups is 1. The molecule has 3 N–H and O–H groups in total. The van der Waals surface area contributed by atoms with Gasteiger partial charge in [-0.1, -0.05) is 40.5 Å². The lowest BCUT2D eigenvalue weighted by Crippen LogP contribution is -2.59. The molecule has 3 fully saturated rings. The zero-order valence-electron chi connectivity index (χ0n) is 24.9. The van der Waals surface area contributed by atoms with Crippen molar-refractivity contribution < 1.29 is 24.1 Å². The third-order valence-corrected chi connectivity index (χ3v) is 13.8. The summed E-state index contributed by atoms with van der Waals surface area (Å²) in [4.78, 5) is 16.0. The van der Waals surface area contributed by atoms with Gasteiger partial charge in [0.2, 0.25) is 7.37 Å². The summed E-state index contributed by atoms with van der Waals surface area (Å²) in [5.41, 5.74) is -0.588. The predicted octanol–water partition coefficient (Wildman–Crippen LogP) is 7.07. The van der Waals surface area contributed by atoms with Crippen LogP contribution in [-0.4, -0.2) is 59.5 Å². The lowest BCUT2D eigenvalue weighted by atomic mass is 9.76. The highest BCUT2D eigenvalue weighted by atomic mass is 32.1. The van der Waals surface area contributed by atoms with Gasteiger partial charge in [0, 0.05) is 48.4 Å². The summed E-state index contributed by atoms with van der Waals surface area (Å²) in [5.74, 6) is -0.125. The molecule has 7 nitrogen and oxygen atoms in total. The van der Waals surface area contributed by atoms with Crippen LogP contribution in [0.4, 0.5) is 5.69 Å². The number of nitrogens with zero attached hydrogens (tertiary/aromatic N) is 1. The first-order valence-electron chi connectivity index (χ1n) is 15.0. The van der Waals surface area contributed by atoms with Crippen LogP contribution in [0, 0.1) is 11.8 Å². The molecule has 1 aromatic heterocycles. The summed E-state index contributed by atoms with van der Waals surface area (Å²) in [6, 6.07) is 2.89. The van der Waals surface area contributed by atoms with Crippen LogP contribution in [0.3, 0.4) is 0 Å². The molecule has 4 rings (SSSR count). The summed E-state index contributed by atoms with van der Waals surface area (Å²) >= 11 is 1.36. The normalized spacial score (nSPS) is 33.9. The first kappa shape index (κ1) is 31.0. The first-order chi connectivity index (χ1) is 18.2. The van der Waals surface area contributed by atoms with Gasteiger partial charge in [-0.3, -0.25) is 4.57 Å². The van der Waals surface area contributed by atoms with Crippen molar-refractivity contribution in [2.45, 2.75) is 128 Å². The van der Waals surface area contributed by atoms with Crippen molar-refractivity contribution in [1.29, 1.82) is 0 Å². The lowest BCUT2D eigenvalue weighted by Gasteiger charge is -2.51. The van der Waals surface area contributed by atoms with Gasteiger partial charge in [-0.15, -0.1) is 11.3 Å². The number of thiophene rings is 1. The number of nitrogens with one attached hydrogen (secondary N) is 1. The topological polar surface area (TPSA) is 99.1 Å². The minimum atomic E-state index is -2.42. The van der Waals surface area contributed by atoms with Crippen molar-refractivity contribution in [3.8, 4) is 0 Å². The van der Waals surface area contributed by atoms with E-state index in [1.807, 2.05) is 6.92 Å². The number of rotatable bonds is 8. The molecule has 1 atom stereocenters. The van der Waals surface area contributed by atoms with Gasteiger partial charge in [0.25, 0.3) is 0 Å². The lowest BCUT2D eigenvalue weighted by molar-refractivity contribution is -0.0331. The molecule has 1 saturated heterocycles. The highest BCUT2D eigenvalue weighted by Gasteiger charge is 2.45. The largest absolute Gasteiger partial charge is 0.477 e. The molecule has 0 aromatic carbocycles. The Bertz CT molecular complexity index is 1020. The third-order valence-electron chi connectivity index (χ3n) is 9.68. The van der Waals surface area contributed by atoms with Gasteiger partial charge < -0.3 is 25.0 Å². The van der Waals surface area contributed by atoms with E-state index in [0.29, 0.717) is 40.9 Å². The molecule has 1 aliphatic heterocycles. The van der Waals surface area contributed by atoms with Gasteiger partial charge in [-0.05, 0) is 75.7 Å². The second-order valence-corrected chi connectivity index (χ2v) is 17.6. The number of carboxylic acids is 1. The fraction of sp³-hybridized carbons (Fsp3) is 0.833. The van der Waals surface area contributed by atoms with Crippen molar-refractivity contribution in [3.05, 3.63) is 15.8 Å². The molecule has 0 spiro atoms. The highest BCUT2D eigenvalue weighted by Crippen LogP contribution is 2.51. The molecular weight excluding hydrogens is 531 g/mol. The monoisotopic (exact) mass is 582 g/mol. The van der Waals surface area contributed by atoms with E-state index in [4.69, 9.17) is 4.52 Å². The van der Waals surface area contributed by atoms with Crippen LogP contribution < -0.4 is 10.2 Å². The van der Waals surface area contributed by atoms with E-state index in [-0.39, 0.29) is 17.4 Å². The molecule has 2 aliphatic carbocycles. The van der Waals surface area contributed by atoms with E-state index in [1.54, 1.807) is 7.11 Å². The molecule has 0 bridgehead atoms. The van der Waals surface area contributed by atoms with E-state index < -0.39 is 19.1 Å². The summed E-state index contributed by atoms with van der Waals surface area (Å²) in [7, 11) is -0.855. The Morgan fingerprint density at radius 2 is 1.56 bits per heavy atom. The van der Waals surface area contributed by atoms with Gasteiger partial charge in [0.1, 0.15) is 10.6 Å². The van der Waals surface area contributed by atoms with Gasteiger partial charge >= 0.3 is 5.97 Å². The fourth-order valence-corrected chi connectivity index (χ4v) is 10.1. The second-order valence-electron chi connectivity index (χ2n) is 13.7. The van der Waals surface area contributed by atoms with Crippen LogP contribution >= 0.6 is 18.7 Å². The van der Waals surface area contributed by atoms with Gasteiger partial charge in [0.15, 0.2) is 0 Å². The Morgan fingerprint density at radius 1 is 1.00 bits per heavy atom. The number of carbonyl (C=O) groups is 1. The van der Waals surface area contributed by atoms with Crippen molar-refractivity contribution in [1.82, 2.24) is 5.32 Å². The van der Waals surface area contributed by atoms with E-state index in [1.165, 1.54) is 11.3 Å². The summed E-state index contributed by atoms with van der Waals surface area (Å²) < 4.78 is 17.8. The van der Waals surface area contributed by atoms with E-state index in [2.05, 4.69) is 44.0 Å². The average molecular weight is 583 g/mol. The zero-order chi connectivity index (χ0) is 28.6. The van der Waals surface area contributed by atoms with Crippen molar-refractivity contribution in [2.24, 2.45) is 11.8 Å². The van der Waals surface area contributed by atoms with Crippen LogP contribution in [0.25, 0.3) is 0 Å². The Labute approximate surface area is 239 Å². The summed E-state index contributed by atoms with van der Waals surface area (Å²) in [6.07, 6.45) is 11.0. The number of anilines is 1. The van der Waals surface area contributed by atoms with E-state index in [9.17, 15) is 19.6 Å². The Morgan fingerprint density at radius 3 is 2.08 bits per heavy atom. The first-order valence-corrected chi connectivity index (χ1v) is 17.8. The summed E-state index contributed by atoms with van der Waals surface area (Å²) in [6.45, 7) is 10.6. The third kappa shape index (κ3) is 7.12. The Kier molecular flexibility index (Phi) is 9.65. The second kappa shape index (κ2) is 12.1. The molecule has 0 radical (unpaired) electrons. The molecule has 1 aromatic rings. The standard InChI is InChI=1S/C30H51N2O5PS/c1-20-7-9-21(10-8-20)30(5,35)32(25-19-26(29(2,3)4)39-27(25)28(33)34)24-13-11-22(12-14-24)31-23-15-17-38(36,37-6)18-16-23/h19-24,31,35H,7-18H2,1-6H3,(H,33,34)/t20?,21?,22?,23?,24?,30-,38?/m0/s1. The van der Waals surface area contributed by atoms with E-state index in [0.717, 1.165) is 69.1 Å². The maximum Gasteiger partial charge on any atom is 0.348 e. The van der Waals surface area contributed by atoms with Gasteiger partial charge in [-0.25, -0.2) is 4.79 Å².